The Morgan fingerprint density at radius 1 is 0.839 bits per heavy atom. The van der Waals surface area contributed by atoms with Crippen LogP contribution >= 0.6 is 24.8 Å². The maximum absolute atomic E-state index is 8.15. The second-order valence-electron chi connectivity index (χ2n) is 7.52. The standard InChI is InChI=1S/C23H24N4O2.2ClH/c1-13(2)27-23(26)15-4-8-21-17(10-15)12-19(29-21)6-5-18-11-16-9-14(22(24)25)3-7-20(16)28-18;;/h3-4,7-13H,5-6H2,1-2H3,(H3,24,25)(H2,26,27);2*1H. The Labute approximate surface area is 193 Å². The second-order valence-corrected chi connectivity index (χ2v) is 7.52. The average molecular weight is 461 g/mol. The summed E-state index contributed by atoms with van der Waals surface area (Å²) in [5, 5.41) is 20.8. The molecule has 0 atom stereocenters. The van der Waals surface area contributed by atoms with E-state index in [1.807, 2.05) is 56.3 Å². The molecule has 4 rings (SSSR count). The molecule has 5 N–H and O–H groups in total. The van der Waals surface area contributed by atoms with Gasteiger partial charge in [0.05, 0.1) is 0 Å². The quantitative estimate of drug-likeness (QED) is 0.227. The Hall–Kier alpha value is -2.96. The summed E-state index contributed by atoms with van der Waals surface area (Å²) in [5.41, 5.74) is 8.70. The molecule has 4 aromatic rings. The van der Waals surface area contributed by atoms with E-state index in [2.05, 4.69) is 5.32 Å². The topological polar surface area (TPSA) is 112 Å². The number of amidine groups is 2. The van der Waals surface area contributed by atoms with E-state index in [-0.39, 0.29) is 36.7 Å². The number of hydrogen-bond donors (Lipinski definition) is 4. The zero-order valence-corrected chi connectivity index (χ0v) is 19.0. The molecule has 0 aliphatic rings. The smallest absolute Gasteiger partial charge is 0.134 e. The lowest BCUT2D eigenvalue weighted by atomic mass is 10.1. The van der Waals surface area contributed by atoms with Crippen molar-refractivity contribution in [1.82, 2.24) is 5.32 Å². The van der Waals surface area contributed by atoms with E-state index in [0.29, 0.717) is 24.2 Å². The van der Waals surface area contributed by atoms with Crippen molar-refractivity contribution >= 4 is 58.4 Å². The average Bonchev–Trinajstić information content (AvgIpc) is 3.27. The van der Waals surface area contributed by atoms with Crippen molar-refractivity contribution in [1.29, 1.82) is 10.8 Å². The first kappa shape index (κ1) is 24.3. The minimum absolute atomic E-state index is 0. The first-order chi connectivity index (χ1) is 13.9. The highest BCUT2D eigenvalue weighted by atomic mass is 35.5. The van der Waals surface area contributed by atoms with E-state index in [1.165, 1.54) is 0 Å². The van der Waals surface area contributed by atoms with Crippen molar-refractivity contribution in [2.45, 2.75) is 32.7 Å². The lowest BCUT2D eigenvalue weighted by Gasteiger charge is -2.10. The van der Waals surface area contributed by atoms with E-state index in [4.69, 9.17) is 25.4 Å². The number of nitrogen functional groups attached to an aromatic ring is 1. The number of aryl methyl sites for hydroxylation is 2. The molecule has 2 aromatic heterocycles. The Morgan fingerprint density at radius 2 is 1.32 bits per heavy atom. The highest BCUT2D eigenvalue weighted by molar-refractivity contribution is 6.00. The molecule has 0 amide bonds. The van der Waals surface area contributed by atoms with Gasteiger partial charge in [0.1, 0.15) is 34.4 Å². The number of hydrogen-bond acceptors (Lipinski definition) is 4. The first-order valence-corrected chi connectivity index (χ1v) is 9.64. The van der Waals surface area contributed by atoms with Crippen LogP contribution in [0.3, 0.4) is 0 Å². The van der Waals surface area contributed by atoms with Gasteiger partial charge in [-0.1, -0.05) is 0 Å². The number of nitrogens with one attached hydrogen (secondary N) is 3. The van der Waals surface area contributed by atoms with Gasteiger partial charge in [0.2, 0.25) is 0 Å². The number of nitrogens with two attached hydrogens (primary N) is 1. The predicted molar refractivity (Wildman–Crippen MR) is 130 cm³/mol. The SMILES string of the molecule is CC(C)NC(=N)c1ccc2oc(CCc3cc4cc(C(=N)N)ccc4o3)cc2c1.Cl.Cl. The van der Waals surface area contributed by atoms with Crippen LogP contribution in [-0.2, 0) is 12.8 Å². The third-order valence-electron chi connectivity index (χ3n) is 4.79. The molecule has 0 aliphatic carbocycles. The summed E-state index contributed by atoms with van der Waals surface area (Å²) in [6.45, 7) is 4.03. The van der Waals surface area contributed by atoms with Crippen LogP contribution in [0.2, 0.25) is 0 Å². The third-order valence-corrected chi connectivity index (χ3v) is 4.79. The van der Waals surface area contributed by atoms with Crippen molar-refractivity contribution in [3.63, 3.8) is 0 Å². The fourth-order valence-electron chi connectivity index (χ4n) is 3.38. The van der Waals surface area contributed by atoms with Crippen LogP contribution in [0.1, 0.15) is 36.5 Å². The van der Waals surface area contributed by atoms with Gasteiger partial charge in [-0.15, -0.1) is 24.8 Å². The Balaban J connectivity index is 0.00000171. The van der Waals surface area contributed by atoms with E-state index in [1.54, 1.807) is 6.07 Å². The summed E-state index contributed by atoms with van der Waals surface area (Å²) in [5.74, 6) is 2.21. The van der Waals surface area contributed by atoms with Gasteiger partial charge in [0.15, 0.2) is 0 Å². The van der Waals surface area contributed by atoms with Crippen molar-refractivity contribution in [2.75, 3.05) is 0 Å². The van der Waals surface area contributed by atoms with Gasteiger partial charge < -0.3 is 19.9 Å². The van der Waals surface area contributed by atoms with Crippen molar-refractivity contribution < 1.29 is 8.83 Å². The number of rotatable bonds is 6. The molecule has 6 nitrogen and oxygen atoms in total. The van der Waals surface area contributed by atoms with Crippen LogP contribution in [0, 0.1) is 10.8 Å². The van der Waals surface area contributed by atoms with Gasteiger partial charge in [0, 0.05) is 40.8 Å². The van der Waals surface area contributed by atoms with Gasteiger partial charge in [-0.05, 0) is 62.4 Å². The third kappa shape index (κ3) is 5.40. The van der Waals surface area contributed by atoms with Crippen LogP contribution in [0.15, 0.2) is 57.4 Å². The van der Waals surface area contributed by atoms with Crippen LogP contribution in [0.4, 0.5) is 0 Å². The normalized spacial score (nSPS) is 10.7. The monoisotopic (exact) mass is 460 g/mol. The molecular weight excluding hydrogens is 435 g/mol. The van der Waals surface area contributed by atoms with E-state index in [0.717, 1.165) is 39.0 Å². The van der Waals surface area contributed by atoms with E-state index in [9.17, 15) is 0 Å². The maximum atomic E-state index is 8.15. The van der Waals surface area contributed by atoms with Gasteiger partial charge in [-0.2, -0.15) is 0 Å². The molecule has 8 heteroatoms. The number of halogens is 2. The summed E-state index contributed by atoms with van der Waals surface area (Å²) in [6, 6.07) is 15.5. The van der Waals surface area contributed by atoms with Crippen LogP contribution in [0.5, 0.6) is 0 Å². The lowest BCUT2D eigenvalue weighted by molar-refractivity contribution is 0.510. The van der Waals surface area contributed by atoms with Gasteiger partial charge in [-0.3, -0.25) is 10.8 Å². The number of fused-ring (bicyclic) bond motifs is 2. The van der Waals surface area contributed by atoms with Crippen molar-refractivity contribution in [2.24, 2.45) is 5.73 Å². The Morgan fingerprint density at radius 3 is 1.81 bits per heavy atom. The summed E-state index contributed by atoms with van der Waals surface area (Å²) < 4.78 is 11.8. The molecule has 0 spiro atoms. The Bertz CT molecular complexity index is 1230. The van der Waals surface area contributed by atoms with Crippen molar-refractivity contribution in [3.05, 3.63) is 71.2 Å². The van der Waals surface area contributed by atoms with Crippen LogP contribution < -0.4 is 11.1 Å². The largest absolute Gasteiger partial charge is 0.461 e. The summed E-state index contributed by atoms with van der Waals surface area (Å²) in [4.78, 5) is 0. The second kappa shape index (κ2) is 9.90. The first-order valence-electron chi connectivity index (χ1n) is 9.64. The van der Waals surface area contributed by atoms with E-state index >= 15 is 0 Å². The highest BCUT2D eigenvalue weighted by Gasteiger charge is 2.10. The molecule has 0 radical (unpaired) electrons. The van der Waals surface area contributed by atoms with E-state index < -0.39 is 0 Å². The molecule has 0 aliphatic heterocycles. The summed E-state index contributed by atoms with van der Waals surface area (Å²) in [7, 11) is 0. The number of furan rings is 2. The molecule has 0 fully saturated rings. The van der Waals surface area contributed by atoms with Crippen LogP contribution in [0.25, 0.3) is 21.9 Å². The zero-order chi connectivity index (χ0) is 20.5. The van der Waals surface area contributed by atoms with Crippen LogP contribution in [-0.4, -0.2) is 17.7 Å². The predicted octanol–water partition coefficient (Wildman–Crippen LogP) is 5.42. The molecule has 0 saturated carbocycles. The molecule has 31 heavy (non-hydrogen) atoms. The Kier molecular flexibility index (Phi) is 7.76. The molecule has 0 bridgehead atoms. The molecule has 2 heterocycles. The molecular formula is C23H26Cl2N4O2. The molecule has 0 saturated heterocycles. The van der Waals surface area contributed by atoms with Gasteiger partial charge in [0.25, 0.3) is 0 Å². The fraction of sp³-hybridized carbons (Fsp3) is 0.217. The highest BCUT2D eigenvalue weighted by Crippen LogP contribution is 2.25. The fourth-order valence-corrected chi connectivity index (χ4v) is 3.38. The minimum atomic E-state index is 0. The van der Waals surface area contributed by atoms with Crippen molar-refractivity contribution in [3.8, 4) is 0 Å². The van der Waals surface area contributed by atoms with Gasteiger partial charge >= 0.3 is 0 Å². The summed E-state index contributed by atoms with van der Waals surface area (Å²) in [6.07, 6.45) is 1.42. The molecule has 0 unspecified atom stereocenters. The minimum Gasteiger partial charge on any atom is -0.461 e. The lowest BCUT2D eigenvalue weighted by Crippen LogP contribution is -2.30. The maximum Gasteiger partial charge on any atom is 0.134 e. The molecule has 164 valence electrons. The number of benzene rings is 2. The van der Waals surface area contributed by atoms with Gasteiger partial charge in [-0.25, -0.2) is 0 Å². The summed E-state index contributed by atoms with van der Waals surface area (Å²) >= 11 is 0. The zero-order valence-electron chi connectivity index (χ0n) is 17.3. The molecule has 2 aromatic carbocycles.